The van der Waals surface area contributed by atoms with Crippen molar-refractivity contribution in [2.45, 2.75) is 11.8 Å². The van der Waals surface area contributed by atoms with Gasteiger partial charge in [0.2, 0.25) is 0 Å². The van der Waals surface area contributed by atoms with Gasteiger partial charge >= 0.3 is 0 Å². The SMILES string of the molecule is Cc1ccc(Cl)cc1C(Br)c1ccccc1. The molecule has 0 heterocycles. The molecule has 0 bridgehead atoms. The Labute approximate surface area is 109 Å². The van der Waals surface area contributed by atoms with Crippen molar-refractivity contribution in [2.75, 3.05) is 0 Å². The lowest BCUT2D eigenvalue weighted by Crippen LogP contribution is -1.95. The zero-order chi connectivity index (χ0) is 11.5. The summed E-state index contributed by atoms with van der Waals surface area (Å²) < 4.78 is 0. The molecule has 0 saturated carbocycles. The molecular weight excluding hydrogens is 284 g/mol. The molecule has 0 aliphatic rings. The second-order valence-corrected chi connectivity index (χ2v) is 5.13. The van der Waals surface area contributed by atoms with Crippen LogP contribution in [-0.2, 0) is 0 Å². The van der Waals surface area contributed by atoms with E-state index in [1.807, 2.05) is 30.3 Å². The monoisotopic (exact) mass is 294 g/mol. The molecular formula is C14H12BrCl. The first kappa shape index (κ1) is 11.7. The number of hydrogen-bond donors (Lipinski definition) is 0. The van der Waals surface area contributed by atoms with Crippen molar-refractivity contribution in [2.24, 2.45) is 0 Å². The first-order valence-corrected chi connectivity index (χ1v) is 6.43. The van der Waals surface area contributed by atoms with Gasteiger partial charge in [-0.1, -0.05) is 63.9 Å². The number of aryl methyl sites for hydroxylation is 1. The molecule has 0 saturated heterocycles. The van der Waals surface area contributed by atoms with Gasteiger partial charge in [-0.15, -0.1) is 0 Å². The minimum Gasteiger partial charge on any atom is -0.0843 e. The van der Waals surface area contributed by atoms with E-state index in [-0.39, 0.29) is 4.83 Å². The van der Waals surface area contributed by atoms with E-state index in [2.05, 4.69) is 41.1 Å². The molecule has 0 amide bonds. The van der Waals surface area contributed by atoms with Gasteiger partial charge in [0, 0.05) is 5.02 Å². The van der Waals surface area contributed by atoms with Gasteiger partial charge in [-0.05, 0) is 35.7 Å². The van der Waals surface area contributed by atoms with E-state index in [4.69, 9.17) is 11.6 Å². The highest BCUT2D eigenvalue weighted by molar-refractivity contribution is 9.09. The molecule has 82 valence electrons. The largest absolute Gasteiger partial charge is 0.0843 e. The summed E-state index contributed by atoms with van der Waals surface area (Å²) in [5.41, 5.74) is 3.71. The maximum atomic E-state index is 6.03. The predicted octanol–water partition coefficient (Wildman–Crippen LogP) is 5.13. The van der Waals surface area contributed by atoms with E-state index in [0.717, 1.165) is 5.02 Å². The van der Waals surface area contributed by atoms with Crippen LogP contribution < -0.4 is 0 Å². The van der Waals surface area contributed by atoms with Crippen LogP contribution in [0.2, 0.25) is 5.02 Å². The Hall–Kier alpha value is -0.790. The third-order valence-electron chi connectivity index (χ3n) is 2.61. The van der Waals surface area contributed by atoms with Crippen molar-refractivity contribution in [3.63, 3.8) is 0 Å². The highest BCUT2D eigenvalue weighted by Gasteiger charge is 2.12. The molecule has 0 spiro atoms. The van der Waals surface area contributed by atoms with Crippen LogP contribution in [-0.4, -0.2) is 0 Å². The Morgan fingerprint density at radius 3 is 2.44 bits per heavy atom. The fourth-order valence-electron chi connectivity index (χ4n) is 1.69. The van der Waals surface area contributed by atoms with Gasteiger partial charge in [-0.25, -0.2) is 0 Å². The fourth-order valence-corrected chi connectivity index (χ4v) is 2.66. The summed E-state index contributed by atoms with van der Waals surface area (Å²) in [5.74, 6) is 0. The third kappa shape index (κ3) is 2.47. The molecule has 0 fully saturated rings. The van der Waals surface area contributed by atoms with Crippen LogP contribution in [0.25, 0.3) is 0 Å². The molecule has 2 heteroatoms. The zero-order valence-electron chi connectivity index (χ0n) is 8.95. The van der Waals surface area contributed by atoms with Crippen LogP contribution in [0.1, 0.15) is 21.5 Å². The third-order valence-corrected chi connectivity index (χ3v) is 3.86. The molecule has 0 nitrogen and oxygen atoms in total. The minimum atomic E-state index is 0.201. The highest BCUT2D eigenvalue weighted by atomic mass is 79.9. The lowest BCUT2D eigenvalue weighted by Gasteiger charge is -2.13. The molecule has 16 heavy (non-hydrogen) atoms. The zero-order valence-corrected chi connectivity index (χ0v) is 11.3. The number of alkyl halides is 1. The number of hydrogen-bond acceptors (Lipinski definition) is 0. The number of rotatable bonds is 2. The van der Waals surface area contributed by atoms with Crippen molar-refractivity contribution in [1.29, 1.82) is 0 Å². The van der Waals surface area contributed by atoms with Crippen molar-refractivity contribution in [1.82, 2.24) is 0 Å². The average molecular weight is 296 g/mol. The van der Waals surface area contributed by atoms with Crippen molar-refractivity contribution >= 4 is 27.5 Å². The lowest BCUT2D eigenvalue weighted by atomic mass is 10.0. The summed E-state index contributed by atoms with van der Waals surface area (Å²) >= 11 is 9.75. The number of halogens is 2. The molecule has 2 aromatic rings. The van der Waals surface area contributed by atoms with Crippen LogP contribution in [0.15, 0.2) is 48.5 Å². The lowest BCUT2D eigenvalue weighted by molar-refractivity contribution is 1.14. The van der Waals surface area contributed by atoms with Crippen LogP contribution in [0.4, 0.5) is 0 Å². The Bertz CT molecular complexity index is 479. The van der Waals surface area contributed by atoms with Crippen LogP contribution >= 0.6 is 27.5 Å². The van der Waals surface area contributed by atoms with Gasteiger partial charge in [0.05, 0.1) is 4.83 Å². The maximum absolute atomic E-state index is 6.03. The molecule has 0 radical (unpaired) electrons. The minimum absolute atomic E-state index is 0.201. The second kappa shape index (κ2) is 5.03. The van der Waals surface area contributed by atoms with Gasteiger partial charge in [-0.3, -0.25) is 0 Å². The first-order chi connectivity index (χ1) is 7.68. The van der Waals surface area contributed by atoms with E-state index >= 15 is 0 Å². The molecule has 2 rings (SSSR count). The van der Waals surface area contributed by atoms with Crippen LogP contribution in [0, 0.1) is 6.92 Å². The van der Waals surface area contributed by atoms with Crippen LogP contribution in [0.5, 0.6) is 0 Å². The van der Waals surface area contributed by atoms with E-state index in [1.54, 1.807) is 0 Å². The normalized spacial score (nSPS) is 12.4. The predicted molar refractivity (Wildman–Crippen MR) is 73.4 cm³/mol. The van der Waals surface area contributed by atoms with Crippen molar-refractivity contribution < 1.29 is 0 Å². The summed E-state index contributed by atoms with van der Waals surface area (Å²) in [4.78, 5) is 0.201. The quantitative estimate of drug-likeness (QED) is 0.674. The molecule has 0 N–H and O–H groups in total. The molecule has 0 aromatic heterocycles. The first-order valence-electron chi connectivity index (χ1n) is 5.13. The molecule has 0 aliphatic carbocycles. The molecule has 0 aliphatic heterocycles. The second-order valence-electron chi connectivity index (χ2n) is 3.77. The molecule has 2 aromatic carbocycles. The molecule has 1 atom stereocenters. The Kier molecular flexibility index (Phi) is 3.67. The molecule has 1 unspecified atom stereocenters. The Morgan fingerprint density at radius 1 is 1.06 bits per heavy atom. The summed E-state index contributed by atoms with van der Waals surface area (Å²) in [6.07, 6.45) is 0. The highest BCUT2D eigenvalue weighted by Crippen LogP contribution is 2.33. The standard InChI is InChI=1S/C14H12BrCl/c1-10-7-8-12(16)9-13(10)14(15)11-5-3-2-4-6-11/h2-9,14H,1H3. The van der Waals surface area contributed by atoms with E-state index < -0.39 is 0 Å². The number of benzene rings is 2. The van der Waals surface area contributed by atoms with Crippen molar-refractivity contribution in [3.05, 3.63) is 70.2 Å². The summed E-state index contributed by atoms with van der Waals surface area (Å²) in [6.45, 7) is 2.10. The van der Waals surface area contributed by atoms with Crippen LogP contribution in [0.3, 0.4) is 0 Å². The summed E-state index contributed by atoms with van der Waals surface area (Å²) in [5, 5.41) is 0.779. The summed E-state index contributed by atoms with van der Waals surface area (Å²) in [6, 6.07) is 16.3. The average Bonchev–Trinajstić information content (AvgIpc) is 2.32. The van der Waals surface area contributed by atoms with Gasteiger partial charge in [0.1, 0.15) is 0 Å². The van der Waals surface area contributed by atoms with E-state index in [0.29, 0.717) is 0 Å². The van der Waals surface area contributed by atoms with E-state index in [9.17, 15) is 0 Å². The fraction of sp³-hybridized carbons (Fsp3) is 0.143. The smallest absolute Gasteiger partial charge is 0.0647 e. The Morgan fingerprint density at radius 2 is 1.75 bits per heavy atom. The maximum Gasteiger partial charge on any atom is 0.0647 e. The van der Waals surface area contributed by atoms with Gasteiger partial charge < -0.3 is 0 Å². The topological polar surface area (TPSA) is 0 Å². The van der Waals surface area contributed by atoms with E-state index in [1.165, 1.54) is 16.7 Å². The van der Waals surface area contributed by atoms with Gasteiger partial charge in [0.15, 0.2) is 0 Å². The van der Waals surface area contributed by atoms with Gasteiger partial charge in [0.25, 0.3) is 0 Å². The summed E-state index contributed by atoms with van der Waals surface area (Å²) in [7, 11) is 0. The van der Waals surface area contributed by atoms with Gasteiger partial charge in [-0.2, -0.15) is 0 Å². The van der Waals surface area contributed by atoms with Crippen molar-refractivity contribution in [3.8, 4) is 0 Å². The Balaban J connectivity index is 2.41.